The maximum atomic E-state index is 14.5. The molecule has 0 aliphatic carbocycles. The van der Waals surface area contributed by atoms with Gasteiger partial charge in [0.05, 0.1) is 29.6 Å². The zero-order valence-corrected chi connectivity index (χ0v) is 20.3. The smallest absolute Gasteiger partial charge is 0.404 e. The van der Waals surface area contributed by atoms with Crippen molar-refractivity contribution in [2.45, 2.75) is 31.0 Å². The van der Waals surface area contributed by atoms with Crippen LogP contribution in [0.3, 0.4) is 0 Å². The van der Waals surface area contributed by atoms with Crippen LogP contribution < -0.4 is 9.46 Å². The summed E-state index contributed by atoms with van der Waals surface area (Å²) in [6.07, 6.45) is -2.51. The molecule has 1 atom stereocenters. The summed E-state index contributed by atoms with van der Waals surface area (Å²) in [6.45, 7) is 2.21. The third-order valence-corrected chi connectivity index (χ3v) is 7.02. The lowest BCUT2D eigenvalue weighted by Crippen LogP contribution is -2.42. The van der Waals surface area contributed by atoms with Gasteiger partial charge in [-0.2, -0.15) is 28.1 Å². The molecule has 14 heteroatoms. The van der Waals surface area contributed by atoms with E-state index in [1.165, 1.54) is 49.1 Å². The van der Waals surface area contributed by atoms with Gasteiger partial charge >= 0.3 is 6.18 Å². The Labute approximate surface area is 208 Å². The van der Waals surface area contributed by atoms with Crippen molar-refractivity contribution in [3.63, 3.8) is 0 Å². The molecule has 3 aromatic heterocycles. The van der Waals surface area contributed by atoms with Gasteiger partial charge in [-0.1, -0.05) is 0 Å². The molecule has 0 amide bonds. The standard InChI is InChI=1S/C23H18F4N6O3S/c1-12-8-19-15(9-17(12)24)16(10-28)21(33(19)22-29-7-6-20(31-22)36-3)18-5-4-14(11-30-18)37(34,35)32-13(2)23(25,26)27/h4-9,11,13,32H,1-3H3/t13-/m0/s1. The lowest BCUT2D eigenvalue weighted by atomic mass is 10.1. The van der Waals surface area contributed by atoms with Crippen molar-refractivity contribution in [1.29, 1.82) is 5.26 Å². The Hall–Kier alpha value is -4.09. The number of methoxy groups -OCH3 is 1. The van der Waals surface area contributed by atoms with Crippen molar-refractivity contribution in [3.05, 3.63) is 59.7 Å². The molecule has 4 rings (SSSR count). The van der Waals surface area contributed by atoms with Crippen molar-refractivity contribution in [3.8, 4) is 29.3 Å². The second kappa shape index (κ2) is 9.41. The molecular formula is C23H18F4N6O3S. The molecule has 192 valence electrons. The molecule has 1 aromatic carbocycles. The summed E-state index contributed by atoms with van der Waals surface area (Å²) in [7, 11) is -3.16. The Morgan fingerprint density at radius 3 is 2.51 bits per heavy atom. The van der Waals surface area contributed by atoms with Crippen LogP contribution in [0.15, 0.2) is 47.6 Å². The number of nitriles is 1. The quantitative estimate of drug-likeness (QED) is 0.371. The van der Waals surface area contributed by atoms with Crippen LogP contribution in [0.2, 0.25) is 0 Å². The Morgan fingerprint density at radius 1 is 1.19 bits per heavy atom. The number of fused-ring (bicyclic) bond motifs is 1. The predicted octanol–water partition coefficient (Wildman–Crippen LogP) is 4.04. The highest BCUT2D eigenvalue weighted by molar-refractivity contribution is 7.89. The number of hydrogen-bond acceptors (Lipinski definition) is 7. The molecule has 0 spiro atoms. The first-order chi connectivity index (χ1) is 17.4. The van der Waals surface area contributed by atoms with E-state index >= 15 is 0 Å². The zero-order valence-electron chi connectivity index (χ0n) is 19.5. The van der Waals surface area contributed by atoms with Gasteiger partial charge in [-0.05, 0) is 43.7 Å². The second-order valence-corrected chi connectivity index (χ2v) is 9.67. The summed E-state index contributed by atoms with van der Waals surface area (Å²) < 4.78 is 86.1. The lowest BCUT2D eigenvalue weighted by molar-refractivity contribution is -0.147. The third kappa shape index (κ3) is 4.83. The number of pyridine rings is 1. The van der Waals surface area contributed by atoms with Crippen molar-refractivity contribution < 1.29 is 30.7 Å². The molecule has 4 aromatic rings. The van der Waals surface area contributed by atoms with Gasteiger partial charge in [0, 0.05) is 23.8 Å². The number of sulfonamides is 1. The van der Waals surface area contributed by atoms with Crippen LogP contribution in [0.5, 0.6) is 5.88 Å². The number of aryl methyl sites for hydroxylation is 1. The van der Waals surface area contributed by atoms with Crippen LogP contribution >= 0.6 is 0 Å². The molecule has 0 fully saturated rings. The molecule has 0 aliphatic rings. The van der Waals surface area contributed by atoms with Crippen LogP contribution in [0.4, 0.5) is 17.6 Å². The number of hydrogen-bond donors (Lipinski definition) is 1. The number of halogens is 4. The lowest BCUT2D eigenvalue weighted by Gasteiger charge is -2.17. The van der Waals surface area contributed by atoms with Crippen LogP contribution in [0.1, 0.15) is 18.1 Å². The van der Waals surface area contributed by atoms with E-state index in [0.29, 0.717) is 12.4 Å². The van der Waals surface area contributed by atoms with Gasteiger partial charge < -0.3 is 4.74 Å². The van der Waals surface area contributed by atoms with Gasteiger partial charge in [-0.25, -0.2) is 17.8 Å². The SMILES string of the molecule is COc1ccnc(-n2c(-c3ccc(S(=O)(=O)N[C@@H](C)C(F)(F)F)cn3)c(C#N)c3cc(F)c(C)cc32)n1. The number of benzene rings is 1. The first kappa shape index (κ1) is 26.0. The van der Waals surface area contributed by atoms with Gasteiger partial charge in [0.15, 0.2) is 0 Å². The number of rotatable bonds is 6. The predicted molar refractivity (Wildman–Crippen MR) is 124 cm³/mol. The molecule has 0 saturated heterocycles. The Kier molecular flexibility index (Phi) is 6.61. The first-order valence-corrected chi connectivity index (χ1v) is 12.0. The minimum Gasteiger partial charge on any atom is -0.481 e. The molecule has 0 bridgehead atoms. The van der Waals surface area contributed by atoms with Gasteiger partial charge in [-0.3, -0.25) is 9.55 Å². The molecule has 37 heavy (non-hydrogen) atoms. The number of nitrogens with one attached hydrogen (secondary N) is 1. The van der Waals surface area contributed by atoms with E-state index in [0.717, 1.165) is 12.3 Å². The highest BCUT2D eigenvalue weighted by Crippen LogP contribution is 2.36. The van der Waals surface area contributed by atoms with Gasteiger partial charge in [0.1, 0.15) is 22.8 Å². The fourth-order valence-corrected chi connectivity index (χ4v) is 4.75. The van der Waals surface area contributed by atoms with Crippen molar-refractivity contribution in [2.75, 3.05) is 7.11 Å². The highest BCUT2D eigenvalue weighted by Gasteiger charge is 2.39. The van der Waals surface area contributed by atoms with E-state index < -0.39 is 33.0 Å². The van der Waals surface area contributed by atoms with Gasteiger partial charge in [-0.15, -0.1) is 0 Å². The fraction of sp³-hybridized carbons (Fsp3) is 0.217. The monoisotopic (exact) mass is 534 g/mol. The fourth-order valence-electron chi connectivity index (χ4n) is 3.58. The number of nitrogens with zero attached hydrogens (tertiary/aromatic N) is 5. The van der Waals surface area contributed by atoms with Crippen LogP contribution in [0.25, 0.3) is 28.2 Å². The van der Waals surface area contributed by atoms with E-state index in [1.54, 1.807) is 4.72 Å². The maximum absolute atomic E-state index is 14.5. The van der Waals surface area contributed by atoms with Crippen LogP contribution in [-0.4, -0.2) is 47.3 Å². The topological polar surface area (TPSA) is 123 Å². The van der Waals surface area contributed by atoms with E-state index in [1.807, 2.05) is 6.07 Å². The second-order valence-electron chi connectivity index (χ2n) is 7.95. The Morgan fingerprint density at radius 2 is 1.92 bits per heavy atom. The molecule has 3 heterocycles. The Balaban J connectivity index is 1.93. The van der Waals surface area contributed by atoms with Crippen molar-refractivity contribution in [1.82, 2.24) is 24.2 Å². The largest absolute Gasteiger partial charge is 0.481 e. The van der Waals surface area contributed by atoms with E-state index in [2.05, 4.69) is 15.0 Å². The maximum Gasteiger partial charge on any atom is 0.404 e. The van der Waals surface area contributed by atoms with Gasteiger partial charge in [0.2, 0.25) is 21.9 Å². The summed E-state index contributed by atoms with van der Waals surface area (Å²) in [5.41, 5.74) is 0.853. The van der Waals surface area contributed by atoms with Crippen molar-refractivity contribution in [2.24, 2.45) is 0 Å². The van der Waals surface area contributed by atoms with E-state index in [9.17, 15) is 31.2 Å². The average molecular weight is 534 g/mol. The average Bonchev–Trinajstić information content (AvgIpc) is 3.16. The van der Waals surface area contributed by atoms with Gasteiger partial charge in [0.25, 0.3) is 0 Å². The molecule has 1 N–H and O–H groups in total. The van der Waals surface area contributed by atoms with Crippen LogP contribution in [-0.2, 0) is 10.0 Å². The zero-order chi connectivity index (χ0) is 27.1. The third-order valence-electron chi connectivity index (χ3n) is 5.50. The summed E-state index contributed by atoms with van der Waals surface area (Å²) in [6, 6.07) is 6.15. The molecule has 0 unspecified atom stereocenters. The molecular weight excluding hydrogens is 516 g/mol. The molecule has 0 radical (unpaired) electrons. The molecule has 9 nitrogen and oxygen atoms in total. The normalized spacial score (nSPS) is 12.9. The Bertz CT molecular complexity index is 1640. The minimum absolute atomic E-state index is 0.00671. The minimum atomic E-state index is -4.78. The van der Waals surface area contributed by atoms with Crippen molar-refractivity contribution >= 4 is 20.9 Å². The van der Waals surface area contributed by atoms with Crippen LogP contribution in [0, 0.1) is 24.1 Å². The van der Waals surface area contributed by atoms with E-state index in [4.69, 9.17) is 4.74 Å². The molecule has 0 saturated carbocycles. The number of ether oxygens (including phenoxy) is 1. The molecule has 0 aliphatic heterocycles. The number of alkyl halides is 3. The summed E-state index contributed by atoms with van der Waals surface area (Å²) >= 11 is 0. The first-order valence-electron chi connectivity index (χ1n) is 10.5. The van der Waals surface area contributed by atoms with E-state index in [-0.39, 0.29) is 39.7 Å². The number of aromatic nitrogens is 4. The summed E-state index contributed by atoms with van der Waals surface area (Å²) in [4.78, 5) is 12.1. The highest BCUT2D eigenvalue weighted by atomic mass is 32.2. The summed E-state index contributed by atoms with van der Waals surface area (Å²) in [5.74, 6) is -0.293. The summed E-state index contributed by atoms with van der Waals surface area (Å²) in [5, 5.41) is 10.2.